The lowest BCUT2D eigenvalue weighted by Crippen LogP contribution is -2.21. The van der Waals surface area contributed by atoms with Crippen molar-refractivity contribution in [2.24, 2.45) is 0 Å². The summed E-state index contributed by atoms with van der Waals surface area (Å²) in [6.07, 6.45) is 2.16. The molecule has 0 radical (unpaired) electrons. The Bertz CT molecular complexity index is 382. The summed E-state index contributed by atoms with van der Waals surface area (Å²) in [5, 5.41) is 3.30. The Morgan fingerprint density at radius 3 is 3.20 bits per heavy atom. The number of nitrogens with one attached hydrogen (secondary N) is 2. The van der Waals surface area contributed by atoms with Gasteiger partial charge in [0.1, 0.15) is 5.82 Å². The molecule has 1 aliphatic heterocycles. The van der Waals surface area contributed by atoms with Gasteiger partial charge < -0.3 is 15.0 Å². The van der Waals surface area contributed by atoms with Gasteiger partial charge in [-0.2, -0.15) is 0 Å². The van der Waals surface area contributed by atoms with E-state index in [0.29, 0.717) is 12.3 Å². The minimum atomic E-state index is -0.110. The highest BCUT2D eigenvalue weighted by Gasteiger charge is 2.18. The van der Waals surface area contributed by atoms with Gasteiger partial charge in [-0.1, -0.05) is 0 Å². The van der Waals surface area contributed by atoms with Crippen molar-refractivity contribution in [1.29, 1.82) is 0 Å². The van der Waals surface area contributed by atoms with Crippen molar-refractivity contribution in [1.82, 2.24) is 15.3 Å². The lowest BCUT2D eigenvalue weighted by atomic mass is 10.2. The SMILES string of the molecule is COCc1cc(=O)[nH]c(C2CCCN2)n1. The zero-order valence-corrected chi connectivity index (χ0v) is 8.75. The molecule has 0 saturated carbocycles. The average Bonchev–Trinajstić information content (AvgIpc) is 2.70. The second kappa shape index (κ2) is 4.55. The van der Waals surface area contributed by atoms with Crippen LogP contribution in [0.25, 0.3) is 0 Å². The lowest BCUT2D eigenvalue weighted by molar-refractivity contribution is 0.181. The zero-order valence-electron chi connectivity index (χ0n) is 8.75. The quantitative estimate of drug-likeness (QED) is 0.753. The average molecular weight is 209 g/mol. The van der Waals surface area contributed by atoms with Gasteiger partial charge in [0.25, 0.3) is 5.56 Å². The van der Waals surface area contributed by atoms with Gasteiger partial charge in [0.2, 0.25) is 0 Å². The molecule has 82 valence electrons. The van der Waals surface area contributed by atoms with Crippen LogP contribution in [0.5, 0.6) is 0 Å². The summed E-state index contributed by atoms with van der Waals surface area (Å²) in [6.45, 7) is 1.37. The van der Waals surface area contributed by atoms with Gasteiger partial charge in [0.15, 0.2) is 0 Å². The van der Waals surface area contributed by atoms with Crippen molar-refractivity contribution in [2.75, 3.05) is 13.7 Å². The highest BCUT2D eigenvalue weighted by molar-refractivity contribution is 5.05. The molecule has 2 N–H and O–H groups in total. The van der Waals surface area contributed by atoms with Gasteiger partial charge in [-0.05, 0) is 19.4 Å². The molecule has 2 heterocycles. The van der Waals surface area contributed by atoms with Gasteiger partial charge in [0, 0.05) is 13.2 Å². The molecule has 1 aliphatic rings. The lowest BCUT2D eigenvalue weighted by Gasteiger charge is -2.09. The Morgan fingerprint density at radius 1 is 1.67 bits per heavy atom. The van der Waals surface area contributed by atoms with Crippen molar-refractivity contribution in [2.45, 2.75) is 25.5 Å². The maximum atomic E-state index is 11.4. The molecular formula is C10H15N3O2. The first-order valence-corrected chi connectivity index (χ1v) is 5.12. The van der Waals surface area contributed by atoms with Crippen LogP contribution >= 0.6 is 0 Å². The van der Waals surface area contributed by atoms with Crippen molar-refractivity contribution < 1.29 is 4.74 Å². The molecule has 0 bridgehead atoms. The zero-order chi connectivity index (χ0) is 10.7. The maximum absolute atomic E-state index is 11.4. The van der Waals surface area contributed by atoms with Crippen LogP contribution in [-0.4, -0.2) is 23.6 Å². The highest BCUT2D eigenvalue weighted by Crippen LogP contribution is 2.18. The van der Waals surface area contributed by atoms with E-state index in [2.05, 4.69) is 15.3 Å². The first-order chi connectivity index (χ1) is 7.29. The minimum Gasteiger partial charge on any atom is -0.378 e. The van der Waals surface area contributed by atoms with Crippen molar-refractivity contribution in [3.8, 4) is 0 Å². The van der Waals surface area contributed by atoms with E-state index in [4.69, 9.17) is 4.74 Å². The Kier molecular flexibility index (Phi) is 3.13. The molecule has 0 aromatic carbocycles. The van der Waals surface area contributed by atoms with E-state index in [1.54, 1.807) is 7.11 Å². The van der Waals surface area contributed by atoms with Crippen LogP contribution in [0.2, 0.25) is 0 Å². The molecule has 5 nitrogen and oxygen atoms in total. The van der Waals surface area contributed by atoms with Gasteiger partial charge in [-0.15, -0.1) is 0 Å². The second-order valence-electron chi connectivity index (χ2n) is 3.70. The predicted molar refractivity (Wildman–Crippen MR) is 55.5 cm³/mol. The fourth-order valence-corrected chi connectivity index (χ4v) is 1.83. The Morgan fingerprint density at radius 2 is 2.53 bits per heavy atom. The highest BCUT2D eigenvalue weighted by atomic mass is 16.5. The molecule has 1 atom stereocenters. The number of ether oxygens (including phenoxy) is 1. The Labute approximate surface area is 87.9 Å². The third kappa shape index (κ3) is 2.43. The molecule has 1 aromatic rings. The van der Waals surface area contributed by atoms with E-state index in [0.717, 1.165) is 25.2 Å². The number of methoxy groups -OCH3 is 1. The van der Waals surface area contributed by atoms with E-state index >= 15 is 0 Å². The van der Waals surface area contributed by atoms with Crippen molar-refractivity contribution in [3.05, 3.63) is 27.9 Å². The fraction of sp³-hybridized carbons (Fsp3) is 0.600. The maximum Gasteiger partial charge on any atom is 0.251 e. The number of rotatable bonds is 3. The summed E-state index contributed by atoms with van der Waals surface area (Å²) in [7, 11) is 1.59. The van der Waals surface area contributed by atoms with Crippen molar-refractivity contribution >= 4 is 0 Å². The van der Waals surface area contributed by atoms with E-state index in [-0.39, 0.29) is 11.6 Å². The molecule has 1 aromatic heterocycles. The molecule has 0 aliphatic carbocycles. The van der Waals surface area contributed by atoms with Crippen LogP contribution in [0.15, 0.2) is 10.9 Å². The van der Waals surface area contributed by atoms with Crippen LogP contribution in [0, 0.1) is 0 Å². The number of aromatic nitrogens is 2. The summed E-state index contributed by atoms with van der Waals surface area (Å²) in [4.78, 5) is 18.5. The predicted octanol–water partition coefficient (Wildman–Crippen LogP) is 0.341. The van der Waals surface area contributed by atoms with E-state index in [1.165, 1.54) is 6.07 Å². The standard InChI is InChI=1S/C10H15N3O2/c1-15-6-7-5-9(14)13-10(12-7)8-3-2-4-11-8/h5,8,11H,2-4,6H2,1H3,(H,12,13,14). The van der Waals surface area contributed by atoms with Gasteiger partial charge in [-0.25, -0.2) is 4.98 Å². The monoisotopic (exact) mass is 209 g/mol. The third-order valence-electron chi connectivity index (χ3n) is 2.50. The molecular weight excluding hydrogens is 194 g/mol. The number of nitrogens with zero attached hydrogens (tertiary/aromatic N) is 1. The fourth-order valence-electron chi connectivity index (χ4n) is 1.83. The molecule has 0 spiro atoms. The normalized spacial score (nSPS) is 20.7. The topological polar surface area (TPSA) is 67.0 Å². The molecule has 5 heteroatoms. The van der Waals surface area contributed by atoms with Gasteiger partial charge in [-0.3, -0.25) is 4.79 Å². The van der Waals surface area contributed by atoms with Crippen LogP contribution in [0.3, 0.4) is 0 Å². The smallest absolute Gasteiger partial charge is 0.251 e. The van der Waals surface area contributed by atoms with E-state index in [1.807, 2.05) is 0 Å². The number of hydrogen-bond donors (Lipinski definition) is 2. The summed E-state index contributed by atoms with van der Waals surface area (Å²) in [5.74, 6) is 0.729. The molecule has 0 amide bonds. The van der Waals surface area contributed by atoms with Crippen LogP contribution < -0.4 is 10.9 Å². The number of hydrogen-bond acceptors (Lipinski definition) is 4. The summed E-state index contributed by atoms with van der Waals surface area (Å²) in [5.41, 5.74) is 0.575. The van der Waals surface area contributed by atoms with E-state index in [9.17, 15) is 4.79 Å². The second-order valence-corrected chi connectivity index (χ2v) is 3.70. The largest absolute Gasteiger partial charge is 0.378 e. The summed E-state index contributed by atoms with van der Waals surface area (Å²) in [6, 6.07) is 1.66. The van der Waals surface area contributed by atoms with Crippen LogP contribution in [0.1, 0.15) is 30.4 Å². The first kappa shape index (κ1) is 10.3. The molecule has 2 rings (SSSR count). The first-order valence-electron chi connectivity index (χ1n) is 5.12. The summed E-state index contributed by atoms with van der Waals surface area (Å²) >= 11 is 0. The van der Waals surface area contributed by atoms with Gasteiger partial charge >= 0.3 is 0 Å². The molecule has 1 fully saturated rings. The summed E-state index contributed by atoms with van der Waals surface area (Å²) < 4.78 is 4.96. The van der Waals surface area contributed by atoms with E-state index < -0.39 is 0 Å². The molecule has 1 unspecified atom stereocenters. The van der Waals surface area contributed by atoms with Gasteiger partial charge in [0.05, 0.1) is 18.3 Å². The van der Waals surface area contributed by atoms with Crippen LogP contribution in [-0.2, 0) is 11.3 Å². The number of aromatic amines is 1. The Hall–Kier alpha value is -1.20. The molecule has 1 saturated heterocycles. The van der Waals surface area contributed by atoms with Crippen LogP contribution in [0.4, 0.5) is 0 Å². The minimum absolute atomic E-state index is 0.110. The third-order valence-corrected chi connectivity index (χ3v) is 2.50. The Balaban J connectivity index is 2.26. The number of H-pyrrole nitrogens is 1. The van der Waals surface area contributed by atoms with Crippen molar-refractivity contribution in [3.63, 3.8) is 0 Å². The molecule has 15 heavy (non-hydrogen) atoms.